The van der Waals surface area contributed by atoms with E-state index in [0.29, 0.717) is 21.9 Å². The SMILES string of the molecule is CN(C)CCN(C(=O)c1ccccc1S(C)(=O)=O)c1nc2ccc([N+](=O)[O-])cc2s1. The van der Waals surface area contributed by atoms with E-state index >= 15 is 0 Å². The fourth-order valence-electron chi connectivity index (χ4n) is 2.83. The van der Waals surface area contributed by atoms with E-state index in [1.54, 1.807) is 12.1 Å². The van der Waals surface area contributed by atoms with Crippen LogP contribution in [-0.2, 0) is 9.84 Å². The second kappa shape index (κ2) is 8.46. The van der Waals surface area contributed by atoms with Gasteiger partial charge in [0, 0.05) is 31.5 Å². The van der Waals surface area contributed by atoms with E-state index < -0.39 is 20.7 Å². The molecule has 11 heteroatoms. The summed E-state index contributed by atoms with van der Waals surface area (Å²) in [6, 6.07) is 10.3. The third-order valence-electron chi connectivity index (χ3n) is 4.34. The molecule has 0 spiro atoms. The number of hydrogen-bond acceptors (Lipinski definition) is 8. The molecular weight excluding hydrogens is 428 g/mol. The summed E-state index contributed by atoms with van der Waals surface area (Å²) in [5, 5.41) is 11.4. The van der Waals surface area contributed by atoms with Gasteiger partial charge in [-0.05, 0) is 32.3 Å². The normalized spacial score (nSPS) is 11.7. The number of nitro groups is 1. The van der Waals surface area contributed by atoms with Crippen molar-refractivity contribution >= 4 is 48.1 Å². The molecule has 1 aromatic heterocycles. The number of nitro benzene ring substituents is 1. The summed E-state index contributed by atoms with van der Waals surface area (Å²) >= 11 is 1.15. The summed E-state index contributed by atoms with van der Waals surface area (Å²) in [6.07, 6.45) is 1.06. The lowest BCUT2D eigenvalue weighted by molar-refractivity contribution is -0.384. The summed E-state index contributed by atoms with van der Waals surface area (Å²) in [7, 11) is 0.0968. The van der Waals surface area contributed by atoms with Crippen molar-refractivity contribution < 1.29 is 18.1 Å². The number of anilines is 1. The minimum absolute atomic E-state index is 0.0541. The van der Waals surface area contributed by atoms with Gasteiger partial charge in [-0.25, -0.2) is 13.4 Å². The first-order valence-electron chi connectivity index (χ1n) is 8.88. The van der Waals surface area contributed by atoms with Crippen LogP contribution in [0, 0.1) is 10.1 Å². The topological polar surface area (TPSA) is 114 Å². The molecule has 2 aromatic carbocycles. The first-order chi connectivity index (χ1) is 14.1. The number of benzene rings is 2. The second-order valence-electron chi connectivity index (χ2n) is 6.93. The van der Waals surface area contributed by atoms with E-state index in [1.807, 2.05) is 19.0 Å². The van der Waals surface area contributed by atoms with Crippen LogP contribution in [0.2, 0.25) is 0 Å². The molecule has 0 saturated carbocycles. The Morgan fingerprint density at radius 3 is 2.50 bits per heavy atom. The van der Waals surface area contributed by atoms with Crippen LogP contribution < -0.4 is 4.90 Å². The molecule has 0 bridgehead atoms. The minimum Gasteiger partial charge on any atom is -0.308 e. The van der Waals surface area contributed by atoms with Crippen molar-refractivity contribution in [2.24, 2.45) is 0 Å². The molecule has 0 aliphatic heterocycles. The minimum atomic E-state index is -3.62. The van der Waals surface area contributed by atoms with Gasteiger partial charge >= 0.3 is 0 Å². The van der Waals surface area contributed by atoms with Crippen LogP contribution in [0.4, 0.5) is 10.8 Å². The zero-order valence-corrected chi connectivity index (χ0v) is 18.2. The zero-order chi connectivity index (χ0) is 22.1. The molecule has 0 aliphatic rings. The number of sulfone groups is 1. The van der Waals surface area contributed by atoms with Gasteiger partial charge in [0.2, 0.25) is 0 Å². The third-order valence-corrected chi connectivity index (χ3v) is 6.53. The highest BCUT2D eigenvalue weighted by Gasteiger charge is 2.26. The predicted octanol–water partition coefficient (Wildman–Crippen LogP) is 2.82. The van der Waals surface area contributed by atoms with Crippen LogP contribution in [0.5, 0.6) is 0 Å². The number of thiazole rings is 1. The van der Waals surface area contributed by atoms with E-state index in [-0.39, 0.29) is 22.7 Å². The summed E-state index contributed by atoms with van der Waals surface area (Å²) in [5.74, 6) is -0.494. The number of carbonyl (C=O) groups excluding carboxylic acids is 1. The molecule has 0 N–H and O–H groups in total. The average Bonchev–Trinajstić information content (AvgIpc) is 3.09. The van der Waals surface area contributed by atoms with E-state index in [0.717, 1.165) is 17.6 Å². The molecule has 0 fully saturated rings. The van der Waals surface area contributed by atoms with Gasteiger partial charge in [-0.1, -0.05) is 23.5 Å². The number of hydrogen-bond donors (Lipinski definition) is 0. The Labute approximate surface area is 177 Å². The molecular formula is C19H20N4O5S2. The van der Waals surface area contributed by atoms with Gasteiger partial charge in [-0.2, -0.15) is 0 Å². The molecule has 158 valence electrons. The molecule has 0 aliphatic carbocycles. The van der Waals surface area contributed by atoms with Crippen molar-refractivity contribution in [1.29, 1.82) is 0 Å². The van der Waals surface area contributed by atoms with E-state index in [9.17, 15) is 23.3 Å². The van der Waals surface area contributed by atoms with Gasteiger partial charge in [0.05, 0.1) is 25.6 Å². The van der Waals surface area contributed by atoms with Crippen LogP contribution in [0.25, 0.3) is 10.2 Å². The molecule has 3 rings (SSSR count). The molecule has 1 heterocycles. The predicted molar refractivity (Wildman–Crippen MR) is 116 cm³/mol. The molecule has 0 unspecified atom stereocenters. The number of nitrogens with zero attached hydrogens (tertiary/aromatic N) is 4. The van der Waals surface area contributed by atoms with Crippen LogP contribution in [-0.4, -0.2) is 62.6 Å². The lowest BCUT2D eigenvalue weighted by Gasteiger charge is -2.22. The van der Waals surface area contributed by atoms with Crippen molar-refractivity contribution in [2.45, 2.75) is 4.90 Å². The maximum atomic E-state index is 13.4. The molecule has 1 amide bonds. The fourth-order valence-corrected chi connectivity index (χ4v) is 4.73. The first-order valence-corrected chi connectivity index (χ1v) is 11.6. The van der Waals surface area contributed by atoms with Gasteiger partial charge < -0.3 is 4.90 Å². The average molecular weight is 449 g/mol. The Hall–Kier alpha value is -2.89. The Balaban J connectivity index is 2.09. The molecule has 0 radical (unpaired) electrons. The number of likely N-dealkylation sites (N-methyl/N-ethyl adjacent to an activating group) is 1. The van der Waals surface area contributed by atoms with Crippen molar-refractivity contribution in [3.63, 3.8) is 0 Å². The molecule has 3 aromatic rings. The van der Waals surface area contributed by atoms with Crippen LogP contribution in [0.15, 0.2) is 47.4 Å². The summed E-state index contributed by atoms with van der Waals surface area (Å²) < 4.78 is 24.9. The monoisotopic (exact) mass is 448 g/mol. The summed E-state index contributed by atoms with van der Waals surface area (Å²) in [5.41, 5.74) is 0.523. The largest absolute Gasteiger partial charge is 0.308 e. The highest BCUT2D eigenvalue weighted by Crippen LogP contribution is 2.32. The highest BCUT2D eigenvalue weighted by atomic mass is 32.2. The van der Waals surface area contributed by atoms with Crippen LogP contribution >= 0.6 is 11.3 Å². The number of rotatable bonds is 7. The van der Waals surface area contributed by atoms with E-state index in [2.05, 4.69) is 4.98 Å². The first kappa shape index (κ1) is 21.8. The van der Waals surface area contributed by atoms with Gasteiger partial charge in [0.25, 0.3) is 11.6 Å². The Morgan fingerprint density at radius 1 is 1.17 bits per heavy atom. The lowest BCUT2D eigenvalue weighted by Crippen LogP contribution is -2.37. The maximum Gasteiger partial charge on any atom is 0.270 e. The quantitative estimate of drug-likeness (QED) is 0.403. The maximum absolute atomic E-state index is 13.4. The Bertz CT molecular complexity index is 1220. The molecule has 9 nitrogen and oxygen atoms in total. The van der Waals surface area contributed by atoms with Crippen molar-refractivity contribution in [3.05, 3.63) is 58.1 Å². The number of fused-ring (bicyclic) bond motifs is 1. The Morgan fingerprint density at radius 2 is 1.87 bits per heavy atom. The number of carbonyl (C=O) groups is 1. The summed E-state index contributed by atoms with van der Waals surface area (Å²) in [4.78, 5) is 31.7. The zero-order valence-electron chi connectivity index (χ0n) is 16.6. The molecule has 0 saturated heterocycles. The van der Waals surface area contributed by atoms with E-state index in [1.165, 1.54) is 35.2 Å². The number of amides is 1. The molecule has 30 heavy (non-hydrogen) atoms. The van der Waals surface area contributed by atoms with Crippen molar-refractivity contribution in [1.82, 2.24) is 9.88 Å². The fraction of sp³-hybridized carbons (Fsp3) is 0.263. The molecule has 0 atom stereocenters. The smallest absolute Gasteiger partial charge is 0.270 e. The van der Waals surface area contributed by atoms with Crippen molar-refractivity contribution in [3.8, 4) is 0 Å². The standard InChI is InChI=1S/C19H20N4O5S2/c1-21(2)10-11-22(18(24)14-6-4-5-7-17(14)30(3,27)28)19-20-15-9-8-13(23(25)26)12-16(15)29-19/h4-9,12H,10-11H2,1-3H3. The second-order valence-corrected chi connectivity index (χ2v) is 9.93. The highest BCUT2D eigenvalue weighted by molar-refractivity contribution is 7.90. The number of non-ortho nitro benzene ring substituents is 1. The summed E-state index contributed by atoms with van der Waals surface area (Å²) in [6.45, 7) is 0.786. The lowest BCUT2D eigenvalue weighted by atomic mass is 10.2. The van der Waals surface area contributed by atoms with Crippen molar-refractivity contribution in [2.75, 3.05) is 38.3 Å². The van der Waals surface area contributed by atoms with E-state index in [4.69, 9.17) is 0 Å². The van der Waals surface area contributed by atoms with Crippen LogP contribution in [0.3, 0.4) is 0 Å². The number of aromatic nitrogens is 1. The Kier molecular flexibility index (Phi) is 6.15. The van der Waals surface area contributed by atoms with Gasteiger partial charge in [-0.15, -0.1) is 0 Å². The van der Waals surface area contributed by atoms with Gasteiger partial charge in [0.15, 0.2) is 15.0 Å². The van der Waals surface area contributed by atoms with Gasteiger partial charge in [0.1, 0.15) is 0 Å². The van der Waals surface area contributed by atoms with Gasteiger partial charge in [-0.3, -0.25) is 19.8 Å². The third kappa shape index (κ3) is 4.64. The van der Waals surface area contributed by atoms with Crippen LogP contribution in [0.1, 0.15) is 10.4 Å².